The molecule has 3 N–H and O–H groups in total. The molecule has 0 fully saturated rings. The first-order valence-corrected chi connectivity index (χ1v) is 8.33. The highest BCUT2D eigenvalue weighted by molar-refractivity contribution is 5.80. The molecule has 0 unspecified atom stereocenters. The Morgan fingerprint density at radius 1 is 1.24 bits per heavy atom. The van der Waals surface area contributed by atoms with Crippen molar-refractivity contribution in [3.05, 3.63) is 39.7 Å². The van der Waals surface area contributed by atoms with E-state index in [0.717, 1.165) is 5.56 Å². The second kappa shape index (κ2) is 5.83. The fraction of sp³-hybridized carbons (Fsp3) is 0.526. The van der Waals surface area contributed by atoms with Crippen molar-refractivity contribution < 1.29 is 24.5 Å². The minimum Gasteiger partial charge on any atom is -0.487 e. The van der Waals surface area contributed by atoms with Gasteiger partial charge in [0.2, 0.25) is 0 Å². The van der Waals surface area contributed by atoms with Gasteiger partial charge >= 0.3 is 5.63 Å². The maximum atomic E-state index is 12.4. The predicted molar refractivity (Wildman–Crippen MR) is 93.0 cm³/mol. The molecule has 3 rings (SSSR count). The third-order valence-electron chi connectivity index (χ3n) is 5.08. The standard InChI is InChI=1S/C19H24O6/c1-18(2,15(21)9-20)12-6-10-5-11-7-16(19(3,4)23)24-13(11)8-14(10)25-17(12)22/h5-6,8,15-16,20-21,23H,7,9H2,1-4H3/t15-,16+/m1/s1. The smallest absolute Gasteiger partial charge is 0.340 e. The molecule has 1 aliphatic rings. The molecule has 1 aliphatic heterocycles. The van der Waals surface area contributed by atoms with Gasteiger partial charge in [-0.3, -0.25) is 0 Å². The number of aliphatic hydroxyl groups excluding tert-OH is 2. The van der Waals surface area contributed by atoms with Gasteiger partial charge in [0.05, 0.1) is 18.3 Å². The Hall–Kier alpha value is -1.89. The molecule has 1 aromatic heterocycles. The number of aliphatic hydroxyl groups is 3. The largest absolute Gasteiger partial charge is 0.487 e. The van der Waals surface area contributed by atoms with E-state index in [9.17, 15) is 20.1 Å². The lowest BCUT2D eigenvalue weighted by Gasteiger charge is -2.28. The molecule has 2 atom stereocenters. The average molecular weight is 348 g/mol. The molecule has 0 radical (unpaired) electrons. The van der Waals surface area contributed by atoms with Crippen LogP contribution in [0.25, 0.3) is 11.0 Å². The van der Waals surface area contributed by atoms with Crippen molar-refractivity contribution in [2.45, 2.75) is 57.3 Å². The molecule has 25 heavy (non-hydrogen) atoms. The predicted octanol–water partition coefficient (Wildman–Crippen LogP) is 1.50. The Labute approximate surface area is 145 Å². The molecular formula is C19H24O6. The van der Waals surface area contributed by atoms with E-state index in [1.165, 1.54) is 0 Å². The highest BCUT2D eigenvalue weighted by Gasteiger charge is 2.36. The summed E-state index contributed by atoms with van der Waals surface area (Å²) in [5, 5.41) is 30.2. The number of hydrogen-bond acceptors (Lipinski definition) is 6. The molecule has 2 heterocycles. The highest BCUT2D eigenvalue weighted by Crippen LogP contribution is 2.37. The Bertz CT molecular complexity index is 859. The van der Waals surface area contributed by atoms with E-state index in [-0.39, 0.29) is 6.10 Å². The van der Waals surface area contributed by atoms with Crippen molar-refractivity contribution in [1.29, 1.82) is 0 Å². The van der Waals surface area contributed by atoms with Crippen molar-refractivity contribution in [3.63, 3.8) is 0 Å². The van der Waals surface area contributed by atoms with E-state index in [1.54, 1.807) is 39.8 Å². The van der Waals surface area contributed by atoms with E-state index >= 15 is 0 Å². The Kier molecular flexibility index (Phi) is 4.18. The molecular weight excluding hydrogens is 324 g/mol. The van der Waals surface area contributed by atoms with Crippen LogP contribution in [0.3, 0.4) is 0 Å². The number of hydrogen-bond donors (Lipinski definition) is 3. The summed E-state index contributed by atoms with van der Waals surface area (Å²) < 4.78 is 11.2. The van der Waals surface area contributed by atoms with Gasteiger partial charge in [0.25, 0.3) is 0 Å². The van der Waals surface area contributed by atoms with Crippen molar-refractivity contribution in [1.82, 2.24) is 0 Å². The molecule has 2 aromatic rings. The zero-order valence-corrected chi connectivity index (χ0v) is 14.9. The van der Waals surface area contributed by atoms with Gasteiger partial charge in [-0.15, -0.1) is 0 Å². The van der Waals surface area contributed by atoms with Gasteiger partial charge < -0.3 is 24.5 Å². The van der Waals surface area contributed by atoms with Crippen LogP contribution in [0.4, 0.5) is 0 Å². The second-order valence-electron chi connectivity index (χ2n) is 7.83. The number of fused-ring (bicyclic) bond motifs is 2. The molecule has 0 spiro atoms. The van der Waals surface area contributed by atoms with Crippen LogP contribution in [0.5, 0.6) is 5.75 Å². The quantitative estimate of drug-likeness (QED) is 0.724. The summed E-state index contributed by atoms with van der Waals surface area (Å²) in [5.74, 6) is 0.602. The topological polar surface area (TPSA) is 100 Å². The number of rotatable bonds is 4. The van der Waals surface area contributed by atoms with Gasteiger partial charge in [0.1, 0.15) is 17.4 Å². The molecule has 0 saturated heterocycles. The fourth-order valence-corrected chi connectivity index (χ4v) is 3.11. The van der Waals surface area contributed by atoms with E-state index in [2.05, 4.69) is 0 Å². The van der Waals surface area contributed by atoms with Crippen molar-refractivity contribution in [2.24, 2.45) is 0 Å². The zero-order chi connectivity index (χ0) is 18.6. The highest BCUT2D eigenvalue weighted by atomic mass is 16.5. The molecule has 1 aromatic carbocycles. The summed E-state index contributed by atoms with van der Waals surface area (Å²) in [6.07, 6.45) is -0.880. The SMILES string of the molecule is CC(C)(O)[C@@H]1Cc2cc3cc(C(C)(C)[C@H](O)CO)c(=O)oc3cc2O1. The minimum absolute atomic E-state index is 0.305. The Morgan fingerprint density at radius 3 is 2.52 bits per heavy atom. The molecule has 0 amide bonds. The van der Waals surface area contributed by atoms with Crippen LogP contribution in [-0.4, -0.2) is 39.7 Å². The van der Waals surface area contributed by atoms with Crippen LogP contribution in [-0.2, 0) is 11.8 Å². The summed E-state index contributed by atoms with van der Waals surface area (Å²) in [7, 11) is 0. The summed E-state index contributed by atoms with van der Waals surface area (Å²) in [6, 6.07) is 5.24. The van der Waals surface area contributed by atoms with Gasteiger partial charge in [0.15, 0.2) is 0 Å². The summed E-state index contributed by atoms with van der Waals surface area (Å²) >= 11 is 0. The number of ether oxygens (including phenoxy) is 1. The van der Waals surface area contributed by atoms with Crippen LogP contribution in [0, 0.1) is 0 Å². The summed E-state index contributed by atoms with van der Waals surface area (Å²) in [5.41, 5.74) is -0.862. The van der Waals surface area contributed by atoms with Gasteiger partial charge in [0, 0.05) is 28.9 Å². The lowest BCUT2D eigenvalue weighted by molar-refractivity contribution is -0.0229. The van der Waals surface area contributed by atoms with Crippen LogP contribution in [0.15, 0.2) is 27.4 Å². The lowest BCUT2D eigenvalue weighted by atomic mass is 9.80. The van der Waals surface area contributed by atoms with Gasteiger partial charge in [-0.2, -0.15) is 0 Å². The molecule has 136 valence electrons. The van der Waals surface area contributed by atoms with E-state index < -0.39 is 29.4 Å². The Balaban J connectivity index is 2.09. The van der Waals surface area contributed by atoms with Gasteiger partial charge in [-0.1, -0.05) is 13.8 Å². The third-order valence-corrected chi connectivity index (χ3v) is 5.08. The summed E-state index contributed by atoms with van der Waals surface area (Å²) in [4.78, 5) is 12.4. The number of benzene rings is 1. The molecule has 0 bridgehead atoms. The second-order valence-corrected chi connectivity index (χ2v) is 7.83. The van der Waals surface area contributed by atoms with E-state index in [4.69, 9.17) is 9.15 Å². The van der Waals surface area contributed by atoms with E-state index in [0.29, 0.717) is 28.7 Å². The van der Waals surface area contributed by atoms with Crippen molar-refractivity contribution in [2.75, 3.05) is 6.61 Å². The average Bonchev–Trinajstić information content (AvgIpc) is 2.94. The maximum absolute atomic E-state index is 12.4. The Morgan fingerprint density at radius 2 is 1.92 bits per heavy atom. The fourth-order valence-electron chi connectivity index (χ4n) is 3.11. The first-order chi connectivity index (χ1) is 11.5. The normalized spacial score (nSPS) is 18.9. The maximum Gasteiger partial charge on any atom is 0.340 e. The molecule has 6 heteroatoms. The van der Waals surface area contributed by atoms with Crippen LogP contribution < -0.4 is 10.4 Å². The minimum atomic E-state index is -1.08. The van der Waals surface area contributed by atoms with Crippen LogP contribution in [0.2, 0.25) is 0 Å². The molecule has 0 aliphatic carbocycles. The van der Waals surface area contributed by atoms with Crippen LogP contribution in [0.1, 0.15) is 38.8 Å². The first-order valence-electron chi connectivity index (χ1n) is 8.33. The van der Waals surface area contributed by atoms with Crippen molar-refractivity contribution >= 4 is 11.0 Å². The summed E-state index contributed by atoms with van der Waals surface area (Å²) in [6.45, 7) is 6.32. The lowest BCUT2D eigenvalue weighted by Crippen LogP contribution is -2.39. The zero-order valence-electron chi connectivity index (χ0n) is 14.9. The first kappa shape index (κ1) is 17.9. The van der Waals surface area contributed by atoms with E-state index in [1.807, 2.05) is 6.07 Å². The van der Waals surface area contributed by atoms with Gasteiger partial charge in [-0.05, 0) is 31.5 Å². The third kappa shape index (κ3) is 3.05. The van der Waals surface area contributed by atoms with Crippen LogP contribution >= 0.6 is 0 Å². The van der Waals surface area contributed by atoms with Crippen molar-refractivity contribution in [3.8, 4) is 5.75 Å². The monoisotopic (exact) mass is 348 g/mol. The molecule has 6 nitrogen and oxygen atoms in total. The van der Waals surface area contributed by atoms with Gasteiger partial charge in [-0.25, -0.2) is 4.79 Å². The molecule has 0 saturated carbocycles.